The molecule has 0 unspecified atom stereocenters. The Balaban J connectivity index is 2.62. The highest BCUT2D eigenvalue weighted by atomic mass is 32.2. The van der Waals surface area contributed by atoms with Gasteiger partial charge in [-0.05, 0) is 29.0 Å². The number of benzene rings is 1. The fourth-order valence-corrected chi connectivity index (χ4v) is 3.16. The van der Waals surface area contributed by atoms with Crippen LogP contribution >= 0.6 is 0 Å². The van der Waals surface area contributed by atoms with Crippen molar-refractivity contribution < 1.29 is 17.8 Å². The van der Waals surface area contributed by atoms with E-state index >= 15 is 0 Å². The summed E-state index contributed by atoms with van der Waals surface area (Å²) in [5, 5.41) is 3.07. The first-order valence-corrected chi connectivity index (χ1v) is 7.48. The maximum Gasteiger partial charge on any atom is 0.296 e. The van der Waals surface area contributed by atoms with Gasteiger partial charge in [0.15, 0.2) is 0 Å². The van der Waals surface area contributed by atoms with E-state index in [0.717, 1.165) is 11.8 Å². The average Bonchev–Trinajstić information content (AvgIpc) is 2.25. The Morgan fingerprint density at radius 2 is 2.11 bits per heavy atom. The van der Waals surface area contributed by atoms with Gasteiger partial charge in [0.2, 0.25) is 0 Å². The summed E-state index contributed by atoms with van der Waals surface area (Å²) in [4.78, 5) is 10.5. The highest BCUT2D eigenvalue weighted by molar-refractivity contribution is 7.86. The molecule has 2 N–H and O–H groups in total. The second kappa shape index (κ2) is 4.61. The van der Waals surface area contributed by atoms with Gasteiger partial charge in [0.25, 0.3) is 10.1 Å². The first-order chi connectivity index (χ1) is 8.73. The van der Waals surface area contributed by atoms with Crippen molar-refractivity contribution in [3.8, 4) is 0 Å². The van der Waals surface area contributed by atoms with Crippen LogP contribution in [0.5, 0.6) is 0 Å². The minimum Gasteiger partial charge on any atom is -0.383 e. The second-order valence-electron chi connectivity index (χ2n) is 5.67. The molecule has 1 aliphatic heterocycles. The summed E-state index contributed by atoms with van der Waals surface area (Å²) in [6.07, 6.45) is 1.55. The molecule has 0 saturated heterocycles. The summed E-state index contributed by atoms with van der Waals surface area (Å²) < 4.78 is 32.2. The molecule has 0 saturated carbocycles. The van der Waals surface area contributed by atoms with E-state index in [1.165, 1.54) is 6.07 Å². The molecule has 0 spiro atoms. The lowest BCUT2D eigenvalue weighted by Crippen LogP contribution is -2.31. The van der Waals surface area contributed by atoms with Crippen molar-refractivity contribution in [3.63, 3.8) is 0 Å². The fraction of sp³-hybridized carbons (Fsp3) is 0.462. The molecule has 0 fully saturated rings. The fourth-order valence-electron chi connectivity index (χ4n) is 2.40. The molecule has 6 heteroatoms. The van der Waals surface area contributed by atoms with Gasteiger partial charge in [-0.3, -0.25) is 4.55 Å². The van der Waals surface area contributed by atoms with Gasteiger partial charge in [-0.1, -0.05) is 19.9 Å². The summed E-state index contributed by atoms with van der Waals surface area (Å²) in [5.41, 5.74) is 1.88. The topological polar surface area (TPSA) is 83.5 Å². The molecule has 0 atom stereocenters. The Kier molecular flexibility index (Phi) is 3.40. The number of anilines is 1. The molecule has 0 bridgehead atoms. The second-order valence-corrected chi connectivity index (χ2v) is 7.06. The molecule has 5 nitrogen and oxygen atoms in total. The van der Waals surface area contributed by atoms with Crippen molar-refractivity contribution in [3.05, 3.63) is 23.3 Å². The van der Waals surface area contributed by atoms with E-state index in [9.17, 15) is 17.8 Å². The van der Waals surface area contributed by atoms with Crippen LogP contribution in [0.4, 0.5) is 5.69 Å². The minimum atomic E-state index is -4.30. The summed E-state index contributed by atoms with van der Waals surface area (Å²) >= 11 is 0. The van der Waals surface area contributed by atoms with Crippen LogP contribution in [0.2, 0.25) is 0 Å². The number of fused-ring (bicyclic) bond motifs is 1. The van der Waals surface area contributed by atoms with Crippen LogP contribution in [0.1, 0.15) is 25.0 Å². The SMILES string of the molecule is CC1(C)CNc2c(cc(CC=O)cc2S(=O)(=O)O)C1. The van der Waals surface area contributed by atoms with Crippen LogP contribution in [0, 0.1) is 5.41 Å². The molecule has 1 aliphatic rings. The Hall–Kier alpha value is -1.40. The number of carbonyl (C=O) groups is 1. The van der Waals surface area contributed by atoms with Crippen molar-refractivity contribution in [2.45, 2.75) is 31.6 Å². The van der Waals surface area contributed by atoms with E-state index in [1.807, 2.05) is 6.07 Å². The smallest absolute Gasteiger partial charge is 0.296 e. The highest BCUT2D eigenvalue weighted by Gasteiger charge is 2.29. The van der Waals surface area contributed by atoms with Gasteiger partial charge in [-0.15, -0.1) is 0 Å². The number of hydrogen-bond acceptors (Lipinski definition) is 4. The standard InChI is InChI=1S/C13H17NO4S/c1-13(2)7-10-5-9(3-4-15)6-11(19(16,17)18)12(10)14-8-13/h4-6,14H,3,7-8H2,1-2H3,(H,16,17,18). The summed E-state index contributed by atoms with van der Waals surface area (Å²) in [6.45, 7) is 4.78. The van der Waals surface area contributed by atoms with E-state index in [1.54, 1.807) is 0 Å². The summed E-state index contributed by atoms with van der Waals surface area (Å²) in [6, 6.07) is 3.18. The zero-order valence-electron chi connectivity index (χ0n) is 10.9. The lowest BCUT2D eigenvalue weighted by atomic mass is 9.81. The number of aldehydes is 1. The van der Waals surface area contributed by atoms with Gasteiger partial charge in [0.1, 0.15) is 11.2 Å². The molecule has 1 aromatic carbocycles. The van der Waals surface area contributed by atoms with Crippen LogP contribution in [0.15, 0.2) is 17.0 Å². The highest BCUT2D eigenvalue weighted by Crippen LogP contribution is 2.37. The van der Waals surface area contributed by atoms with Gasteiger partial charge in [0, 0.05) is 13.0 Å². The van der Waals surface area contributed by atoms with E-state index in [4.69, 9.17) is 0 Å². The molecule has 2 rings (SSSR count). The Labute approximate surface area is 112 Å². The molecular weight excluding hydrogens is 266 g/mol. The van der Waals surface area contributed by atoms with Crippen molar-refractivity contribution >= 4 is 22.1 Å². The van der Waals surface area contributed by atoms with E-state index < -0.39 is 10.1 Å². The van der Waals surface area contributed by atoms with Gasteiger partial charge < -0.3 is 10.1 Å². The third-order valence-corrected chi connectivity index (χ3v) is 4.13. The van der Waals surface area contributed by atoms with Gasteiger partial charge in [-0.2, -0.15) is 8.42 Å². The summed E-state index contributed by atoms with van der Waals surface area (Å²) in [7, 11) is -4.30. The van der Waals surface area contributed by atoms with Crippen molar-refractivity contribution in [2.75, 3.05) is 11.9 Å². The molecule has 0 amide bonds. The third-order valence-electron chi connectivity index (χ3n) is 3.25. The van der Waals surface area contributed by atoms with Crippen LogP contribution in [-0.2, 0) is 27.8 Å². The van der Waals surface area contributed by atoms with Crippen LogP contribution in [0.3, 0.4) is 0 Å². The van der Waals surface area contributed by atoms with Crippen molar-refractivity contribution in [1.82, 2.24) is 0 Å². The number of hydrogen-bond donors (Lipinski definition) is 2. The largest absolute Gasteiger partial charge is 0.383 e. The van der Waals surface area contributed by atoms with Crippen molar-refractivity contribution in [1.29, 1.82) is 0 Å². The monoisotopic (exact) mass is 283 g/mol. The molecule has 104 valence electrons. The lowest BCUT2D eigenvalue weighted by molar-refractivity contribution is -0.107. The Bertz CT molecular complexity index is 620. The maximum atomic E-state index is 11.4. The molecule has 1 heterocycles. The zero-order valence-corrected chi connectivity index (χ0v) is 11.8. The number of rotatable bonds is 3. The van der Waals surface area contributed by atoms with Gasteiger partial charge in [-0.25, -0.2) is 0 Å². The van der Waals surface area contributed by atoms with Crippen LogP contribution in [0.25, 0.3) is 0 Å². The minimum absolute atomic E-state index is 0.00326. The Morgan fingerprint density at radius 3 is 2.68 bits per heavy atom. The third kappa shape index (κ3) is 2.96. The molecular formula is C13H17NO4S. The quantitative estimate of drug-likeness (QED) is 0.651. The van der Waals surface area contributed by atoms with E-state index in [0.29, 0.717) is 24.2 Å². The normalized spacial score (nSPS) is 17.4. The Morgan fingerprint density at radius 1 is 1.42 bits per heavy atom. The van der Waals surface area contributed by atoms with E-state index in [2.05, 4.69) is 19.2 Å². The molecule has 0 aromatic heterocycles. The first kappa shape index (κ1) is 14.0. The average molecular weight is 283 g/mol. The van der Waals surface area contributed by atoms with Crippen LogP contribution < -0.4 is 5.32 Å². The molecule has 1 aromatic rings. The predicted molar refractivity (Wildman–Crippen MR) is 72.0 cm³/mol. The summed E-state index contributed by atoms with van der Waals surface area (Å²) in [5.74, 6) is 0. The predicted octanol–water partition coefficient (Wildman–Crippen LogP) is 1.67. The lowest BCUT2D eigenvalue weighted by Gasteiger charge is -2.33. The zero-order chi connectivity index (χ0) is 14.3. The van der Waals surface area contributed by atoms with Gasteiger partial charge >= 0.3 is 0 Å². The number of nitrogens with one attached hydrogen (secondary N) is 1. The molecule has 19 heavy (non-hydrogen) atoms. The maximum absolute atomic E-state index is 11.4. The molecule has 0 aliphatic carbocycles. The first-order valence-electron chi connectivity index (χ1n) is 6.04. The van der Waals surface area contributed by atoms with E-state index in [-0.39, 0.29) is 16.7 Å². The van der Waals surface area contributed by atoms with Crippen LogP contribution in [-0.4, -0.2) is 25.8 Å². The van der Waals surface area contributed by atoms with Crippen molar-refractivity contribution in [2.24, 2.45) is 5.41 Å². The van der Waals surface area contributed by atoms with Gasteiger partial charge in [0.05, 0.1) is 5.69 Å². The number of carbonyl (C=O) groups excluding carboxylic acids is 1. The molecule has 0 radical (unpaired) electrons.